The molecular weight excluding hydrogens is 286 g/mol. The lowest BCUT2D eigenvalue weighted by molar-refractivity contribution is -0.120. The number of nitrogens with zero attached hydrogens (tertiary/aromatic N) is 2. The Morgan fingerprint density at radius 2 is 2.38 bits per heavy atom. The highest BCUT2D eigenvalue weighted by Gasteiger charge is 2.08. The smallest absolute Gasteiger partial charge is 0.226 e. The van der Waals surface area contributed by atoms with E-state index in [0.717, 1.165) is 22.7 Å². The van der Waals surface area contributed by atoms with Crippen LogP contribution in [0.5, 0.6) is 0 Å². The average Bonchev–Trinajstić information content (AvgIpc) is 2.96. The van der Waals surface area contributed by atoms with Gasteiger partial charge in [-0.1, -0.05) is 0 Å². The zero-order valence-electron chi connectivity index (χ0n) is 12.0. The van der Waals surface area contributed by atoms with Gasteiger partial charge in [0.25, 0.3) is 0 Å². The lowest BCUT2D eigenvalue weighted by atomic mass is 10.3. The van der Waals surface area contributed by atoms with Gasteiger partial charge in [-0.25, -0.2) is 4.98 Å². The van der Waals surface area contributed by atoms with E-state index >= 15 is 0 Å². The molecule has 0 fully saturated rings. The normalized spacial score (nSPS) is 10.5. The lowest BCUT2D eigenvalue weighted by Gasteiger charge is -2.04. The lowest BCUT2D eigenvalue weighted by Crippen LogP contribution is -2.26. The highest BCUT2D eigenvalue weighted by molar-refractivity contribution is 7.13. The summed E-state index contributed by atoms with van der Waals surface area (Å²) >= 11 is 1.53. The van der Waals surface area contributed by atoms with Crippen molar-refractivity contribution < 1.29 is 9.53 Å². The molecule has 0 saturated heterocycles. The van der Waals surface area contributed by atoms with Crippen LogP contribution in [-0.4, -0.2) is 35.6 Å². The molecule has 0 aromatic carbocycles. The maximum Gasteiger partial charge on any atom is 0.226 e. The monoisotopic (exact) mass is 305 g/mol. The van der Waals surface area contributed by atoms with Crippen LogP contribution in [0.2, 0.25) is 0 Å². The van der Waals surface area contributed by atoms with Gasteiger partial charge in [-0.3, -0.25) is 9.78 Å². The van der Waals surface area contributed by atoms with E-state index in [1.54, 1.807) is 12.4 Å². The molecule has 5 nitrogen and oxygen atoms in total. The van der Waals surface area contributed by atoms with E-state index in [1.807, 2.05) is 24.4 Å². The first kappa shape index (κ1) is 15.6. The van der Waals surface area contributed by atoms with Gasteiger partial charge in [0.2, 0.25) is 5.91 Å². The Bertz CT molecular complexity index is 557. The third kappa shape index (κ3) is 5.24. The van der Waals surface area contributed by atoms with Crippen molar-refractivity contribution in [2.75, 3.05) is 19.8 Å². The van der Waals surface area contributed by atoms with E-state index < -0.39 is 0 Å². The predicted molar refractivity (Wildman–Crippen MR) is 83.2 cm³/mol. The van der Waals surface area contributed by atoms with E-state index in [2.05, 4.69) is 15.3 Å². The van der Waals surface area contributed by atoms with Crippen LogP contribution in [-0.2, 0) is 16.0 Å². The molecule has 0 unspecified atom stereocenters. The van der Waals surface area contributed by atoms with Crippen molar-refractivity contribution in [1.29, 1.82) is 0 Å². The van der Waals surface area contributed by atoms with Gasteiger partial charge in [-0.05, 0) is 25.5 Å². The summed E-state index contributed by atoms with van der Waals surface area (Å²) in [4.78, 5) is 20.3. The minimum Gasteiger partial charge on any atom is -0.382 e. The molecule has 2 heterocycles. The molecule has 0 atom stereocenters. The topological polar surface area (TPSA) is 64.1 Å². The number of nitrogens with one attached hydrogen (secondary N) is 1. The average molecular weight is 305 g/mol. The van der Waals surface area contributed by atoms with Gasteiger partial charge in [0.15, 0.2) is 0 Å². The number of hydrogen-bond acceptors (Lipinski definition) is 5. The molecule has 112 valence electrons. The van der Waals surface area contributed by atoms with Gasteiger partial charge in [-0.15, -0.1) is 11.3 Å². The van der Waals surface area contributed by atoms with Gasteiger partial charge >= 0.3 is 0 Å². The van der Waals surface area contributed by atoms with Crippen LogP contribution >= 0.6 is 11.3 Å². The summed E-state index contributed by atoms with van der Waals surface area (Å²) in [6, 6.07) is 3.84. The zero-order valence-corrected chi connectivity index (χ0v) is 12.9. The van der Waals surface area contributed by atoms with E-state index in [4.69, 9.17) is 4.74 Å². The van der Waals surface area contributed by atoms with Crippen molar-refractivity contribution in [3.05, 3.63) is 35.6 Å². The number of amides is 1. The Hall–Kier alpha value is -1.79. The Kier molecular flexibility index (Phi) is 6.30. The van der Waals surface area contributed by atoms with Crippen molar-refractivity contribution in [1.82, 2.24) is 15.3 Å². The van der Waals surface area contributed by atoms with Crippen LogP contribution in [0.4, 0.5) is 0 Å². The van der Waals surface area contributed by atoms with Crippen molar-refractivity contribution in [3.8, 4) is 10.6 Å². The molecule has 2 aromatic rings. The Balaban J connectivity index is 1.78. The van der Waals surface area contributed by atoms with Crippen LogP contribution in [0.3, 0.4) is 0 Å². The Morgan fingerprint density at radius 1 is 1.48 bits per heavy atom. The second-order valence-corrected chi connectivity index (χ2v) is 5.32. The molecule has 0 radical (unpaired) electrons. The first-order valence-corrected chi connectivity index (χ1v) is 7.87. The fourth-order valence-electron chi connectivity index (χ4n) is 1.78. The number of thiazole rings is 1. The molecule has 0 spiro atoms. The van der Waals surface area contributed by atoms with E-state index in [0.29, 0.717) is 26.2 Å². The number of carbonyl (C=O) groups is 1. The SMILES string of the molecule is CCOCCCNC(=O)Cc1csc(-c2cccnc2)n1. The minimum atomic E-state index is -0.00506. The van der Waals surface area contributed by atoms with Crippen molar-refractivity contribution in [3.63, 3.8) is 0 Å². The second-order valence-electron chi connectivity index (χ2n) is 4.46. The molecule has 2 rings (SSSR count). The molecule has 0 bridgehead atoms. The second kappa shape index (κ2) is 8.49. The summed E-state index contributed by atoms with van der Waals surface area (Å²) in [5.74, 6) is -0.00506. The molecule has 1 N–H and O–H groups in total. The Morgan fingerprint density at radius 3 is 3.14 bits per heavy atom. The number of pyridine rings is 1. The highest BCUT2D eigenvalue weighted by atomic mass is 32.1. The van der Waals surface area contributed by atoms with Crippen LogP contribution in [0.1, 0.15) is 19.0 Å². The molecule has 1 amide bonds. The molecule has 0 saturated carbocycles. The minimum absolute atomic E-state index is 0.00506. The first-order valence-electron chi connectivity index (χ1n) is 6.99. The quantitative estimate of drug-likeness (QED) is 0.760. The Labute approximate surface area is 128 Å². The van der Waals surface area contributed by atoms with E-state index in [9.17, 15) is 4.79 Å². The summed E-state index contributed by atoms with van der Waals surface area (Å²) in [6.07, 6.45) is 4.65. The summed E-state index contributed by atoms with van der Waals surface area (Å²) in [6.45, 7) is 3.99. The third-order valence-electron chi connectivity index (χ3n) is 2.79. The molecule has 0 aliphatic carbocycles. The predicted octanol–water partition coefficient (Wildman–Crippen LogP) is 2.29. The number of aromatic nitrogens is 2. The highest BCUT2D eigenvalue weighted by Crippen LogP contribution is 2.22. The van der Waals surface area contributed by atoms with Crippen LogP contribution in [0.15, 0.2) is 29.9 Å². The van der Waals surface area contributed by atoms with Crippen molar-refractivity contribution in [2.24, 2.45) is 0 Å². The number of ether oxygens (including phenoxy) is 1. The van der Waals surface area contributed by atoms with Crippen LogP contribution in [0.25, 0.3) is 10.6 Å². The molecule has 2 aromatic heterocycles. The largest absolute Gasteiger partial charge is 0.382 e. The first-order chi connectivity index (χ1) is 10.3. The number of carbonyl (C=O) groups excluding carboxylic acids is 1. The third-order valence-corrected chi connectivity index (χ3v) is 3.73. The van der Waals surface area contributed by atoms with Gasteiger partial charge in [0.05, 0.1) is 12.1 Å². The van der Waals surface area contributed by atoms with Crippen molar-refractivity contribution in [2.45, 2.75) is 19.8 Å². The fraction of sp³-hybridized carbons (Fsp3) is 0.400. The van der Waals surface area contributed by atoms with Gasteiger partial charge in [0.1, 0.15) is 5.01 Å². The number of hydrogen-bond donors (Lipinski definition) is 1. The van der Waals surface area contributed by atoms with E-state index in [1.165, 1.54) is 11.3 Å². The molecular formula is C15H19N3O2S. The van der Waals surface area contributed by atoms with Gasteiger partial charge in [0, 0.05) is 43.1 Å². The maximum atomic E-state index is 11.8. The molecule has 6 heteroatoms. The summed E-state index contributed by atoms with van der Waals surface area (Å²) in [5, 5.41) is 5.68. The van der Waals surface area contributed by atoms with Gasteiger partial charge < -0.3 is 10.1 Å². The summed E-state index contributed by atoms with van der Waals surface area (Å²) < 4.78 is 5.22. The fourth-order valence-corrected chi connectivity index (χ4v) is 2.59. The van der Waals surface area contributed by atoms with Crippen LogP contribution < -0.4 is 5.32 Å². The maximum absolute atomic E-state index is 11.8. The number of rotatable bonds is 8. The summed E-state index contributed by atoms with van der Waals surface area (Å²) in [5.41, 5.74) is 1.77. The molecule has 21 heavy (non-hydrogen) atoms. The standard InChI is InChI=1S/C15H19N3O2S/c1-2-20-8-4-7-17-14(19)9-13-11-21-15(18-13)12-5-3-6-16-10-12/h3,5-6,10-11H,2,4,7-9H2,1H3,(H,17,19). The van der Waals surface area contributed by atoms with Crippen molar-refractivity contribution >= 4 is 17.2 Å². The summed E-state index contributed by atoms with van der Waals surface area (Å²) in [7, 11) is 0. The molecule has 0 aliphatic heterocycles. The van der Waals surface area contributed by atoms with Gasteiger partial charge in [-0.2, -0.15) is 0 Å². The zero-order chi connectivity index (χ0) is 14.9. The van der Waals surface area contributed by atoms with Crippen LogP contribution in [0, 0.1) is 0 Å². The molecule has 0 aliphatic rings. The van der Waals surface area contributed by atoms with E-state index in [-0.39, 0.29) is 5.91 Å².